The predicted octanol–water partition coefficient (Wildman–Crippen LogP) is 4.39. The van der Waals surface area contributed by atoms with Crippen LogP contribution in [0, 0.1) is 12.7 Å². The number of aryl methyl sites for hydroxylation is 1. The normalized spacial score (nSPS) is 10.7. The third kappa shape index (κ3) is 3.82. The summed E-state index contributed by atoms with van der Waals surface area (Å²) in [4.78, 5) is 1.78. The highest BCUT2D eigenvalue weighted by molar-refractivity contribution is 7.99. The van der Waals surface area contributed by atoms with Gasteiger partial charge in [-0.15, -0.1) is 0 Å². The van der Waals surface area contributed by atoms with Gasteiger partial charge in [-0.1, -0.05) is 48.5 Å². The van der Waals surface area contributed by atoms with Crippen molar-refractivity contribution in [1.29, 1.82) is 0 Å². The molecule has 0 atom stereocenters. The molecule has 0 aliphatic heterocycles. The minimum Gasteiger partial charge on any atom is -0.313 e. The molecule has 1 N–H and O–H groups in total. The van der Waals surface area contributed by atoms with Gasteiger partial charge < -0.3 is 5.32 Å². The zero-order chi connectivity index (χ0) is 13.7. The average Bonchev–Trinajstić information content (AvgIpc) is 2.42. The van der Waals surface area contributed by atoms with Crippen LogP contribution in [0.5, 0.6) is 0 Å². The predicted molar refractivity (Wildman–Crippen MR) is 79.1 cm³/mol. The van der Waals surface area contributed by atoms with Gasteiger partial charge in [0.25, 0.3) is 0 Å². The second-order valence-electron chi connectivity index (χ2n) is 4.42. The van der Waals surface area contributed by atoms with Crippen LogP contribution in [0.15, 0.2) is 52.3 Å². The van der Waals surface area contributed by atoms with E-state index in [1.807, 2.05) is 44.2 Å². The molecule has 0 spiro atoms. The van der Waals surface area contributed by atoms with Crippen LogP contribution in [0.4, 0.5) is 4.39 Å². The topological polar surface area (TPSA) is 12.0 Å². The van der Waals surface area contributed by atoms with Gasteiger partial charge in [-0.2, -0.15) is 0 Å². The largest absolute Gasteiger partial charge is 0.313 e. The third-order valence-corrected chi connectivity index (χ3v) is 4.02. The van der Waals surface area contributed by atoms with Gasteiger partial charge in [0.1, 0.15) is 5.82 Å². The maximum Gasteiger partial charge on any atom is 0.137 e. The SMILES string of the molecule is CCNCc1cccc(F)c1Sc1ccc(C)cc1. The van der Waals surface area contributed by atoms with Crippen LogP contribution in [0.1, 0.15) is 18.1 Å². The zero-order valence-electron chi connectivity index (χ0n) is 11.2. The minimum absolute atomic E-state index is 0.152. The van der Waals surface area contributed by atoms with E-state index in [1.54, 1.807) is 6.07 Å². The summed E-state index contributed by atoms with van der Waals surface area (Å²) in [6, 6.07) is 13.4. The lowest BCUT2D eigenvalue weighted by Crippen LogP contribution is -2.12. The first-order valence-electron chi connectivity index (χ1n) is 6.43. The molecule has 0 radical (unpaired) electrons. The van der Waals surface area contributed by atoms with Gasteiger partial charge in [0.15, 0.2) is 0 Å². The molecular weight excluding hydrogens is 257 g/mol. The highest BCUT2D eigenvalue weighted by Crippen LogP contribution is 2.32. The maximum atomic E-state index is 14.0. The Morgan fingerprint density at radius 1 is 1.11 bits per heavy atom. The Labute approximate surface area is 118 Å². The summed E-state index contributed by atoms with van der Waals surface area (Å²) in [5.74, 6) is -0.152. The van der Waals surface area contributed by atoms with E-state index in [2.05, 4.69) is 5.32 Å². The van der Waals surface area contributed by atoms with Crippen molar-refractivity contribution in [1.82, 2.24) is 5.32 Å². The molecule has 0 aliphatic carbocycles. The van der Waals surface area contributed by atoms with Crippen molar-refractivity contribution in [3.05, 3.63) is 59.4 Å². The molecule has 0 fully saturated rings. The summed E-state index contributed by atoms with van der Waals surface area (Å²) in [5.41, 5.74) is 2.22. The summed E-state index contributed by atoms with van der Waals surface area (Å²) < 4.78 is 14.0. The lowest BCUT2D eigenvalue weighted by molar-refractivity contribution is 0.591. The fourth-order valence-electron chi connectivity index (χ4n) is 1.79. The molecule has 0 unspecified atom stereocenters. The molecule has 100 valence electrons. The Morgan fingerprint density at radius 2 is 1.84 bits per heavy atom. The summed E-state index contributed by atoms with van der Waals surface area (Å²) in [7, 11) is 0. The Hall–Kier alpha value is -1.32. The van der Waals surface area contributed by atoms with Crippen LogP contribution in [-0.4, -0.2) is 6.54 Å². The Kier molecular flexibility index (Phi) is 5.00. The lowest BCUT2D eigenvalue weighted by Gasteiger charge is -2.10. The molecule has 2 aromatic carbocycles. The van der Waals surface area contributed by atoms with Gasteiger partial charge in [-0.25, -0.2) is 4.39 Å². The Bertz CT molecular complexity index is 537. The molecule has 2 aromatic rings. The molecule has 0 bridgehead atoms. The molecule has 3 heteroatoms. The molecule has 1 nitrogen and oxygen atoms in total. The molecule has 0 amide bonds. The number of hydrogen-bond acceptors (Lipinski definition) is 2. The van der Waals surface area contributed by atoms with Crippen molar-refractivity contribution in [2.24, 2.45) is 0 Å². The van der Waals surface area contributed by atoms with Crippen molar-refractivity contribution in [3.63, 3.8) is 0 Å². The first kappa shape index (κ1) is 14.1. The molecule has 0 saturated carbocycles. The third-order valence-electron chi connectivity index (χ3n) is 2.85. The first-order valence-corrected chi connectivity index (χ1v) is 7.25. The number of halogens is 1. The minimum atomic E-state index is -0.152. The van der Waals surface area contributed by atoms with E-state index in [-0.39, 0.29) is 5.82 Å². The monoisotopic (exact) mass is 275 g/mol. The van der Waals surface area contributed by atoms with Crippen LogP contribution >= 0.6 is 11.8 Å². The maximum absolute atomic E-state index is 14.0. The highest BCUT2D eigenvalue weighted by Gasteiger charge is 2.09. The molecule has 0 aliphatic rings. The van der Waals surface area contributed by atoms with Crippen molar-refractivity contribution < 1.29 is 4.39 Å². The van der Waals surface area contributed by atoms with Crippen LogP contribution < -0.4 is 5.32 Å². The molecule has 2 rings (SSSR count). The standard InChI is InChI=1S/C16H18FNS/c1-3-18-11-13-5-4-6-15(17)16(13)19-14-9-7-12(2)8-10-14/h4-10,18H,3,11H2,1-2H3. The Morgan fingerprint density at radius 3 is 2.53 bits per heavy atom. The van der Waals surface area contributed by atoms with E-state index >= 15 is 0 Å². The van der Waals surface area contributed by atoms with Crippen molar-refractivity contribution in [3.8, 4) is 0 Å². The summed E-state index contributed by atoms with van der Waals surface area (Å²) in [5, 5.41) is 3.25. The van der Waals surface area contributed by atoms with Gasteiger partial charge in [0.05, 0.1) is 4.90 Å². The molecule has 19 heavy (non-hydrogen) atoms. The highest BCUT2D eigenvalue weighted by atomic mass is 32.2. The van der Waals surface area contributed by atoms with Crippen molar-refractivity contribution in [2.75, 3.05) is 6.54 Å². The van der Waals surface area contributed by atoms with Gasteiger partial charge >= 0.3 is 0 Å². The van der Waals surface area contributed by atoms with Crippen LogP contribution in [0.25, 0.3) is 0 Å². The van der Waals surface area contributed by atoms with E-state index in [9.17, 15) is 4.39 Å². The molecule has 0 aromatic heterocycles. The zero-order valence-corrected chi connectivity index (χ0v) is 12.1. The molecule has 0 heterocycles. The number of nitrogens with one attached hydrogen (secondary N) is 1. The van der Waals surface area contributed by atoms with Gasteiger partial charge in [0.2, 0.25) is 0 Å². The second-order valence-corrected chi connectivity index (χ2v) is 5.51. The van der Waals surface area contributed by atoms with E-state index in [0.717, 1.165) is 17.0 Å². The van der Waals surface area contributed by atoms with Crippen LogP contribution in [0.2, 0.25) is 0 Å². The van der Waals surface area contributed by atoms with E-state index in [0.29, 0.717) is 11.4 Å². The quantitative estimate of drug-likeness (QED) is 0.868. The number of benzene rings is 2. The summed E-state index contributed by atoms with van der Waals surface area (Å²) >= 11 is 1.48. The fraction of sp³-hybridized carbons (Fsp3) is 0.250. The van der Waals surface area contributed by atoms with E-state index in [1.165, 1.54) is 23.4 Å². The van der Waals surface area contributed by atoms with Gasteiger partial charge in [-0.05, 0) is 37.2 Å². The molecule has 0 saturated heterocycles. The Balaban J connectivity index is 2.25. The van der Waals surface area contributed by atoms with Crippen LogP contribution in [0.3, 0.4) is 0 Å². The number of rotatable bonds is 5. The lowest BCUT2D eigenvalue weighted by atomic mass is 10.2. The number of hydrogen-bond donors (Lipinski definition) is 1. The second kappa shape index (κ2) is 6.73. The van der Waals surface area contributed by atoms with E-state index < -0.39 is 0 Å². The fourth-order valence-corrected chi connectivity index (χ4v) is 2.74. The first-order chi connectivity index (χ1) is 9.20. The summed E-state index contributed by atoms with van der Waals surface area (Å²) in [6.45, 7) is 5.67. The van der Waals surface area contributed by atoms with Gasteiger partial charge in [-0.3, -0.25) is 0 Å². The summed E-state index contributed by atoms with van der Waals surface area (Å²) in [6.07, 6.45) is 0. The van der Waals surface area contributed by atoms with E-state index in [4.69, 9.17) is 0 Å². The smallest absolute Gasteiger partial charge is 0.137 e. The van der Waals surface area contributed by atoms with Crippen LogP contribution in [-0.2, 0) is 6.54 Å². The molecular formula is C16H18FNS. The average molecular weight is 275 g/mol. The van der Waals surface area contributed by atoms with Crippen molar-refractivity contribution in [2.45, 2.75) is 30.2 Å². The van der Waals surface area contributed by atoms with Crippen molar-refractivity contribution >= 4 is 11.8 Å². The van der Waals surface area contributed by atoms with Gasteiger partial charge in [0, 0.05) is 11.4 Å².